The molecule has 0 spiro atoms. The molecule has 1 fully saturated rings. The third kappa shape index (κ3) is 3.56. The van der Waals surface area contributed by atoms with Crippen LogP contribution in [0.4, 0.5) is 16.4 Å². The van der Waals surface area contributed by atoms with E-state index in [0.717, 1.165) is 30.0 Å². The summed E-state index contributed by atoms with van der Waals surface area (Å²) in [7, 11) is 1.61. The Bertz CT molecular complexity index is 660. The lowest BCUT2D eigenvalue weighted by Gasteiger charge is -2.31. The fourth-order valence-corrected chi connectivity index (χ4v) is 2.75. The summed E-state index contributed by atoms with van der Waals surface area (Å²) in [6.07, 6.45) is 1.70. The van der Waals surface area contributed by atoms with Crippen LogP contribution in [0.5, 0.6) is 5.75 Å². The molecule has 122 valence electrons. The Morgan fingerprint density at radius 2 is 2.04 bits per heavy atom. The van der Waals surface area contributed by atoms with Crippen LogP contribution in [-0.4, -0.2) is 36.3 Å². The van der Waals surface area contributed by atoms with Gasteiger partial charge in [-0.2, -0.15) is 0 Å². The Hall–Kier alpha value is -2.70. The normalized spacial score (nSPS) is 15.4. The number of ether oxygens (including phenoxy) is 1. The van der Waals surface area contributed by atoms with Gasteiger partial charge in [-0.1, -0.05) is 5.16 Å². The molecule has 0 bridgehead atoms. The van der Waals surface area contributed by atoms with Gasteiger partial charge in [0.25, 0.3) is 0 Å². The second-order valence-electron chi connectivity index (χ2n) is 5.57. The number of likely N-dealkylation sites (tertiary alicyclic amines) is 1. The topological polar surface area (TPSA) is 93.6 Å². The third-order valence-corrected chi connectivity index (χ3v) is 4.09. The highest BCUT2D eigenvalue weighted by molar-refractivity contribution is 5.89. The number of hydrogen-bond donors (Lipinski definition) is 2. The van der Waals surface area contributed by atoms with Gasteiger partial charge in [-0.25, -0.2) is 4.79 Å². The number of carbonyl (C=O) groups is 1. The van der Waals surface area contributed by atoms with Crippen LogP contribution >= 0.6 is 0 Å². The van der Waals surface area contributed by atoms with Crippen molar-refractivity contribution in [2.45, 2.75) is 18.8 Å². The summed E-state index contributed by atoms with van der Waals surface area (Å²) >= 11 is 0. The van der Waals surface area contributed by atoms with E-state index < -0.39 is 0 Å². The number of amides is 2. The van der Waals surface area contributed by atoms with Crippen molar-refractivity contribution in [3.63, 3.8) is 0 Å². The maximum atomic E-state index is 12.3. The number of aromatic nitrogens is 1. The van der Waals surface area contributed by atoms with Crippen LogP contribution < -0.4 is 15.8 Å². The molecule has 3 rings (SSSR count). The number of nitrogen functional groups attached to an aromatic ring is 1. The minimum atomic E-state index is -0.0896. The predicted octanol–water partition coefficient (Wildman–Crippen LogP) is 2.68. The van der Waals surface area contributed by atoms with Crippen molar-refractivity contribution >= 4 is 17.6 Å². The Morgan fingerprint density at radius 1 is 1.35 bits per heavy atom. The first kappa shape index (κ1) is 15.2. The van der Waals surface area contributed by atoms with Crippen LogP contribution in [0.1, 0.15) is 24.5 Å². The average Bonchev–Trinajstić information content (AvgIpc) is 3.02. The standard InChI is InChI=1S/C16H20N4O3/c1-22-13-4-2-12(3-5-13)18-16(21)20-8-6-11(7-9-20)14-10-15(17)23-19-14/h2-5,10-11H,6-9,17H2,1H3,(H,18,21). The van der Waals surface area contributed by atoms with Crippen LogP contribution in [-0.2, 0) is 0 Å². The average molecular weight is 316 g/mol. The molecule has 1 aliphatic rings. The summed E-state index contributed by atoms with van der Waals surface area (Å²) in [5.41, 5.74) is 7.18. The van der Waals surface area contributed by atoms with Gasteiger partial charge in [-0.15, -0.1) is 0 Å². The smallest absolute Gasteiger partial charge is 0.321 e. The predicted molar refractivity (Wildman–Crippen MR) is 86.5 cm³/mol. The number of rotatable bonds is 3. The van der Waals surface area contributed by atoms with Crippen LogP contribution in [0.25, 0.3) is 0 Å². The van der Waals surface area contributed by atoms with Gasteiger partial charge >= 0.3 is 6.03 Å². The van der Waals surface area contributed by atoms with Gasteiger partial charge in [0.15, 0.2) is 0 Å². The molecular weight excluding hydrogens is 296 g/mol. The zero-order valence-electron chi connectivity index (χ0n) is 13.0. The van der Waals surface area contributed by atoms with Crippen molar-refractivity contribution in [1.82, 2.24) is 10.1 Å². The van der Waals surface area contributed by atoms with Crippen molar-refractivity contribution in [3.05, 3.63) is 36.0 Å². The fourth-order valence-electron chi connectivity index (χ4n) is 2.75. The molecule has 7 heteroatoms. The largest absolute Gasteiger partial charge is 0.497 e. The zero-order chi connectivity index (χ0) is 16.2. The maximum absolute atomic E-state index is 12.3. The lowest BCUT2D eigenvalue weighted by atomic mass is 9.94. The number of methoxy groups -OCH3 is 1. The van der Waals surface area contributed by atoms with Crippen LogP contribution in [0.3, 0.4) is 0 Å². The summed E-state index contributed by atoms with van der Waals surface area (Å²) < 4.78 is 10.0. The third-order valence-electron chi connectivity index (χ3n) is 4.09. The number of carbonyl (C=O) groups excluding carboxylic acids is 1. The Labute approximate surface area is 134 Å². The van der Waals surface area contributed by atoms with Gasteiger partial charge in [0.1, 0.15) is 5.75 Å². The monoisotopic (exact) mass is 316 g/mol. The summed E-state index contributed by atoms with van der Waals surface area (Å²) in [5.74, 6) is 1.39. The van der Waals surface area contributed by atoms with Crippen molar-refractivity contribution in [2.75, 3.05) is 31.2 Å². The Kier molecular flexibility index (Phi) is 4.36. The van der Waals surface area contributed by atoms with Crippen molar-refractivity contribution in [1.29, 1.82) is 0 Å². The van der Waals surface area contributed by atoms with E-state index in [0.29, 0.717) is 24.9 Å². The number of urea groups is 1. The molecule has 2 amide bonds. The van der Waals surface area contributed by atoms with Crippen LogP contribution in [0.15, 0.2) is 34.9 Å². The lowest BCUT2D eigenvalue weighted by molar-refractivity contribution is 0.193. The molecule has 1 aliphatic heterocycles. The zero-order valence-corrected chi connectivity index (χ0v) is 13.0. The molecule has 2 heterocycles. The van der Waals surface area contributed by atoms with E-state index in [-0.39, 0.29) is 6.03 Å². The summed E-state index contributed by atoms with van der Waals surface area (Å²) in [5, 5.41) is 6.86. The molecular formula is C16H20N4O3. The molecule has 7 nitrogen and oxygen atoms in total. The molecule has 0 unspecified atom stereocenters. The number of benzene rings is 1. The van der Waals surface area contributed by atoms with Crippen molar-refractivity contribution in [3.8, 4) is 5.75 Å². The Morgan fingerprint density at radius 3 is 2.61 bits per heavy atom. The number of anilines is 2. The molecule has 2 aromatic rings. The van der Waals surface area contributed by atoms with Gasteiger partial charge < -0.3 is 25.2 Å². The highest BCUT2D eigenvalue weighted by Gasteiger charge is 2.25. The summed E-state index contributed by atoms with van der Waals surface area (Å²) in [6, 6.07) is 8.95. The number of nitrogens with zero attached hydrogens (tertiary/aromatic N) is 2. The molecule has 3 N–H and O–H groups in total. The highest BCUT2D eigenvalue weighted by atomic mass is 16.5. The minimum absolute atomic E-state index is 0.0896. The van der Waals surface area contributed by atoms with E-state index in [1.54, 1.807) is 13.2 Å². The van der Waals surface area contributed by atoms with E-state index in [2.05, 4.69) is 10.5 Å². The first-order chi connectivity index (χ1) is 11.2. The molecule has 1 saturated heterocycles. The second kappa shape index (κ2) is 6.60. The van der Waals surface area contributed by atoms with E-state index in [1.165, 1.54) is 0 Å². The summed E-state index contributed by atoms with van der Waals surface area (Å²) in [6.45, 7) is 1.36. The van der Waals surface area contributed by atoms with Gasteiger partial charge in [-0.3, -0.25) is 0 Å². The molecule has 23 heavy (non-hydrogen) atoms. The van der Waals surface area contributed by atoms with Gasteiger partial charge in [0.05, 0.1) is 12.8 Å². The number of nitrogens with one attached hydrogen (secondary N) is 1. The fraction of sp³-hybridized carbons (Fsp3) is 0.375. The second-order valence-corrected chi connectivity index (χ2v) is 5.57. The summed E-state index contributed by atoms with van der Waals surface area (Å²) in [4.78, 5) is 14.1. The number of hydrogen-bond acceptors (Lipinski definition) is 5. The molecule has 1 aromatic carbocycles. The molecule has 0 radical (unpaired) electrons. The van der Waals surface area contributed by atoms with Gasteiger partial charge in [-0.05, 0) is 37.1 Å². The Balaban J connectivity index is 1.53. The number of piperidine rings is 1. The molecule has 0 saturated carbocycles. The first-order valence-corrected chi connectivity index (χ1v) is 7.58. The van der Waals surface area contributed by atoms with E-state index in [4.69, 9.17) is 15.0 Å². The SMILES string of the molecule is COc1ccc(NC(=O)N2CCC(c3cc(N)on3)CC2)cc1. The van der Waals surface area contributed by atoms with E-state index in [9.17, 15) is 4.79 Å². The van der Waals surface area contributed by atoms with Crippen molar-refractivity contribution < 1.29 is 14.1 Å². The molecule has 1 aromatic heterocycles. The highest BCUT2D eigenvalue weighted by Crippen LogP contribution is 2.28. The lowest BCUT2D eigenvalue weighted by Crippen LogP contribution is -2.40. The van der Waals surface area contributed by atoms with Gasteiger partial charge in [0, 0.05) is 30.8 Å². The molecule has 0 aliphatic carbocycles. The van der Waals surface area contributed by atoms with Crippen molar-refractivity contribution in [2.24, 2.45) is 0 Å². The quantitative estimate of drug-likeness (QED) is 0.908. The van der Waals surface area contributed by atoms with Crippen LogP contribution in [0.2, 0.25) is 0 Å². The van der Waals surface area contributed by atoms with E-state index in [1.807, 2.05) is 29.2 Å². The minimum Gasteiger partial charge on any atom is -0.497 e. The van der Waals surface area contributed by atoms with Crippen LogP contribution in [0, 0.1) is 0 Å². The molecule has 0 atom stereocenters. The first-order valence-electron chi connectivity index (χ1n) is 7.58. The van der Waals surface area contributed by atoms with E-state index >= 15 is 0 Å². The van der Waals surface area contributed by atoms with Gasteiger partial charge in [0.2, 0.25) is 5.88 Å². The maximum Gasteiger partial charge on any atom is 0.321 e. The number of nitrogens with two attached hydrogens (primary N) is 1.